The lowest BCUT2D eigenvalue weighted by Gasteiger charge is -2.28. The molecule has 1 fully saturated rings. The fraction of sp³-hybridized carbons (Fsp3) is 0.750. The van der Waals surface area contributed by atoms with Crippen molar-refractivity contribution in [1.29, 1.82) is 0 Å². The molecule has 2 heterocycles. The molecule has 0 radical (unpaired) electrons. The number of aliphatic hydroxyl groups is 1. The van der Waals surface area contributed by atoms with E-state index in [4.69, 9.17) is 5.11 Å². The van der Waals surface area contributed by atoms with Crippen LogP contribution in [0.5, 0.6) is 0 Å². The van der Waals surface area contributed by atoms with Gasteiger partial charge in [-0.1, -0.05) is 0 Å². The van der Waals surface area contributed by atoms with Gasteiger partial charge in [-0.25, -0.2) is 4.98 Å². The number of rotatable bonds is 4. The number of hydrogen-bond donors (Lipinski definition) is 1. The molecular weight excluding hydrogens is 220 g/mol. The van der Waals surface area contributed by atoms with Gasteiger partial charge >= 0.3 is 0 Å². The maximum atomic E-state index is 8.84. The molecule has 90 valence electrons. The summed E-state index contributed by atoms with van der Waals surface area (Å²) in [5.74, 6) is 0.810. The molecule has 0 atom stereocenters. The summed E-state index contributed by atoms with van der Waals surface area (Å²) in [6.45, 7) is 2.65. The number of likely N-dealkylation sites (tertiary alicyclic amines) is 1. The molecule has 0 unspecified atom stereocenters. The Bertz CT molecular complexity index is 319. The van der Waals surface area contributed by atoms with Crippen LogP contribution in [0.15, 0.2) is 5.38 Å². The zero-order valence-electron chi connectivity index (χ0n) is 9.85. The van der Waals surface area contributed by atoms with E-state index in [2.05, 4.69) is 22.3 Å². The Morgan fingerprint density at radius 1 is 1.50 bits per heavy atom. The molecule has 3 nitrogen and oxygen atoms in total. The average molecular weight is 240 g/mol. The standard InChI is InChI=1S/C12H20N2OS/c1-14-5-2-10(3-6-14)8-12-13-11(4-7-15)9-16-12/h9-10,15H,2-8H2,1H3. The van der Waals surface area contributed by atoms with Gasteiger partial charge in [0.25, 0.3) is 0 Å². The fourth-order valence-electron chi connectivity index (χ4n) is 2.19. The maximum Gasteiger partial charge on any atom is 0.0931 e. The highest BCUT2D eigenvalue weighted by molar-refractivity contribution is 7.09. The third-order valence-corrected chi connectivity index (χ3v) is 4.19. The van der Waals surface area contributed by atoms with E-state index in [1.54, 1.807) is 11.3 Å². The lowest BCUT2D eigenvalue weighted by Crippen LogP contribution is -2.30. The lowest BCUT2D eigenvalue weighted by molar-refractivity contribution is 0.219. The minimum absolute atomic E-state index is 0.206. The van der Waals surface area contributed by atoms with E-state index >= 15 is 0 Å². The number of thiazole rings is 1. The Balaban J connectivity index is 1.83. The van der Waals surface area contributed by atoms with Crippen LogP contribution < -0.4 is 0 Å². The first kappa shape index (κ1) is 12.0. The van der Waals surface area contributed by atoms with E-state index in [-0.39, 0.29) is 6.61 Å². The van der Waals surface area contributed by atoms with E-state index < -0.39 is 0 Å². The average Bonchev–Trinajstić information content (AvgIpc) is 2.70. The normalized spacial score (nSPS) is 19.1. The van der Waals surface area contributed by atoms with Crippen LogP contribution in [0, 0.1) is 5.92 Å². The number of piperidine rings is 1. The quantitative estimate of drug-likeness (QED) is 0.867. The van der Waals surface area contributed by atoms with E-state index in [0.717, 1.165) is 18.0 Å². The summed E-state index contributed by atoms with van der Waals surface area (Å²) in [6, 6.07) is 0. The first-order valence-electron chi connectivity index (χ1n) is 6.00. The zero-order chi connectivity index (χ0) is 11.4. The van der Waals surface area contributed by atoms with Crippen LogP contribution >= 0.6 is 11.3 Å². The van der Waals surface area contributed by atoms with Crippen molar-refractivity contribution in [2.24, 2.45) is 5.92 Å². The van der Waals surface area contributed by atoms with Crippen LogP contribution in [-0.4, -0.2) is 41.7 Å². The van der Waals surface area contributed by atoms with E-state index in [1.807, 2.05) is 0 Å². The minimum Gasteiger partial charge on any atom is -0.396 e. The Hall–Kier alpha value is -0.450. The van der Waals surface area contributed by atoms with Crippen molar-refractivity contribution in [2.45, 2.75) is 25.7 Å². The molecule has 1 saturated heterocycles. The number of nitrogens with zero attached hydrogens (tertiary/aromatic N) is 2. The first-order valence-corrected chi connectivity index (χ1v) is 6.88. The molecule has 1 aromatic rings. The summed E-state index contributed by atoms with van der Waals surface area (Å²) in [5, 5.41) is 12.2. The van der Waals surface area contributed by atoms with Crippen molar-refractivity contribution in [3.8, 4) is 0 Å². The summed E-state index contributed by atoms with van der Waals surface area (Å²) in [6.07, 6.45) is 4.42. The number of hydrogen-bond acceptors (Lipinski definition) is 4. The highest BCUT2D eigenvalue weighted by Gasteiger charge is 2.18. The highest BCUT2D eigenvalue weighted by atomic mass is 32.1. The Kier molecular flexibility index (Phi) is 4.32. The predicted octanol–water partition coefficient (Wildman–Crippen LogP) is 1.56. The van der Waals surface area contributed by atoms with Crippen LogP contribution in [0.25, 0.3) is 0 Å². The van der Waals surface area contributed by atoms with Gasteiger partial charge in [0.1, 0.15) is 0 Å². The van der Waals surface area contributed by atoms with Crippen LogP contribution in [0.2, 0.25) is 0 Å². The van der Waals surface area contributed by atoms with Gasteiger partial charge in [0.2, 0.25) is 0 Å². The second-order valence-corrected chi connectivity index (χ2v) is 5.60. The molecule has 0 aliphatic carbocycles. The minimum atomic E-state index is 0.206. The van der Waals surface area contributed by atoms with Crippen molar-refractivity contribution in [3.05, 3.63) is 16.1 Å². The van der Waals surface area contributed by atoms with Crippen LogP contribution in [-0.2, 0) is 12.8 Å². The second kappa shape index (κ2) is 5.75. The maximum absolute atomic E-state index is 8.84. The van der Waals surface area contributed by atoms with Crippen molar-refractivity contribution in [1.82, 2.24) is 9.88 Å². The molecule has 0 aromatic carbocycles. The summed E-state index contributed by atoms with van der Waals surface area (Å²) in [4.78, 5) is 6.96. The van der Waals surface area contributed by atoms with Gasteiger partial charge in [-0.2, -0.15) is 0 Å². The largest absolute Gasteiger partial charge is 0.396 e. The fourth-order valence-corrected chi connectivity index (χ4v) is 3.13. The third-order valence-electron chi connectivity index (χ3n) is 3.27. The molecule has 0 saturated carbocycles. The molecule has 0 spiro atoms. The van der Waals surface area contributed by atoms with Crippen LogP contribution in [0.3, 0.4) is 0 Å². The zero-order valence-corrected chi connectivity index (χ0v) is 10.7. The number of aliphatic hydroxyl groups excluding tert-OH is 1. The molecule has 0 bridgehead atoms. The monoisotopic (exact) mass is 240 g/mol. The second-order valence-electron chi connectivity index (χ2n) is 4.66. The molecule has 1 aromatic heterocycles. The first-order chi connectivity index (χ1) is 7.78. The predicted molar refractivity (Wildman–Crippen MR) is 66.8 cm³/mol. The van der Waals surface area contributed by atoms with Gasteiger partial charge in [0.05, 0.1) is 10.7 Å². The topological polar surface area (TPSA) is 36.4 Å². The van der Waals surface area contributed by atoms with Gasteiger partial charge < -0.3 is 10.0 Å². The summed E-state index contributed by atoms with van der Waals surface area (Å²) in [7, 11) is 2.19. The summed E-state index contributed by atoms with van der Waals surface area (Å²) < 4.78 is 0. The molecule has 2 rings (SSSR count). The smallest absolute Gasteiger partial charge is 0.0931 e. The molecule has 4 heteroatoms. The van der Waals surface area contributed by atoms with Crippen molar-refractivity contribution in [3.63, 3.8) is 0 Å². The molecular formula is C12H20N2OS. The molecule has 16 heavy (non-hydrogen) atoms. The molecule has 0 amide bonds. The van der Waals surface area contributed by atoms with E-state index in [9.17, 15) is 0 Å². The number of aromatic nitrogens is 1. The van der Waals surface area contributed by atoms with Crippen molar-refractivity contribution >= 4 is 11.3 Å². The van der Waals surface area contributed by atoms with Crippen LogP contribution in [0.1, 0.15) is 23.5 Å². The summed E-state index contributed by atoms with van der Waals surface area (Å²) in [5.41, 5.74) is 1.05. The lowest BCUT2D eigenvalue weighted by atomic mass is 9.94. The Morgan fingerprint density at radius 3 is 2.94 bits per heavy atom. The molecule has 1 aliphatic heterocycles. The highest BCUT2D eigenvalue weighted by Crippen LogP contribution is 2.22. The van der Waals surface area contributed by atoms with Gasteiger partial charge in [-0.15, -0.1) is 11.3 Å². The van der Waals surface area contributed by atoms with Crippen molar-refractivity contribution in [2.75, 3.05) is 26.7 Å². The molecule has 1 N–H and O–H groups in total. The summed E-state index contributed by atoms with van der Waals surface area (Å²) >= 11 is 1.75. The van der Waals surface area contributed by atoms with Crippen LogP contribution in [0.4, 0.5) is 0 Å². The van der Waals surface area contributed by atoms with Gasteiger partial charge in [-0.05, 0) is 38.9 Å². The van der Waals surface area contributed by atoms with E-state index in [1.165, 1.54) is 30.9 Å². The molecule has 1 aliphatic rings. The Morgan fingerprint density at radius 2 is 2.25 bits per heavy atom. The van der Waals surface area contributed by atoms with Gasteiger partial charge in [0, 0.05) is 24.8 Å². The third kappa shape index (κ3) is 3.27. The van der Waals surface area contributed by atoms with Gasteiger partial charge in [-0.3, -0.25) is 0 Å². The van der Waals surface area contributed by atoms with Crippen molar-refractivity contribution < 1.29 is 5.11 Å². The Labute approximate surface area is 101 Å². The SMILES string of the molecule is CN1CCC(Cc2nc(CCO)cs2)CC1. The van der Waals surface area contributed by atoms with Gasteiger partial charge in [0.15, 0.2) is 0 Å². The van der Waals surface area contributed by atoms with E-state index in [0.29, 0.717) is 6.42 Å².